The third kappa shape index (κ3) is 3.46. The molecule has 1 N–H and O–H groups in total. The lowest BCUT2D eigenvalue weighted by Crippen LogP contribution is -2.31. The van der Waals surface area contributed by atoms with Crippen LogP contribution in [0, 0.1) is 13.8 Å². The maximum atomic E-state index is 13.2. The van der Waals surface area contributed by atoms with E-state index in [9.17, 15) is 4.79 Å². The van der Waals surface area contributed by atoms with E-state index >= 15 is 0 Å². The lowest BCUT2D eigenvalue weighted by atomic mass is 9.99. The summed E-state index contributed by atoms with van der Waals surface area (Å²) in [6.45, 7) is 5.72. The third-order valence-electron chi connectivity index (χ3n) is 6.18. The fraction of sp³-hybridized carbons (Fsp3) is 0.200. The van der Waals surface area contributed by atoms with Gasteiger partial charge in [0, 0.05) is 13.1 Å². The first-order chi connectivity index (χ1) is 16.1. The number of thiophene rings is 1. The number of amides is 1. The van der Waals surface area contributed by atoms with Gasteiger partial charge in [0.25, 0.3) is 5.91 Å². The van der Waals surface area contributed by atoms with Crippen LogP contribution in [0.1, 0.15) is 31.9 Å². The second-order valence-corrected chi connectivity index (χ2v) is 10.3. The number of fused-ring (bicyclic) bond motifs is 3. The van der Waals surface area contributed by atoms with Gasteiger partial charge in [0.1, 0.15) is 17.0 Å². The van der Waals surface area contributed by atoms with Crippen LogP contribution in [-0.2, 0) is 13.0 Å². The summed E-state index contributed by atoms with van der Waals surface area (Å²) in [5.41, 5.74) is 5.67. The van der Waals surface area contributed by atoms with Gasteiger partial charge in [0.15, 0.2) is 5.13 Å². The van der Waals surface area contributed by atoms with E-state index in [0.29, 0.717) is 10.0 Å². The lowest BCUT2D eigenvalue weighted by molar-refractivity contribution is 0.103. The first-order valence-electron chi connectivity index (χ1n) is 10.8. The zero-order valence-electron chi connectivity index (χ0n) is 18.3. The van der Waals surface area contributed by atoms with E-state index in [4.69, 9.17) is 0 Å². The molecule has 1 aliphatic heterocycles. The van der Waals surface area contributed by atoms with Crippen molar-refractivity contribution < 1.29 is 4.79 Å². The highest BCUT2D eigenvalue weighted by atomic mass is 32.1. The van der Waals surface area contributed by atoms with Gasteiger partial charge in [-0.25, -0.2) is 15.0 Å². The monoisotopic (exact) mass is 471 g/mol. The van der Waals surface area contributed by atoms with Gasteiger partial charge in [0.2, 0.25) is 0 Å². The molecule has 0 aliphatic carbocycles. The summed E-state index contributed by atoms with van der Waals surface area (Å²) in [6.07, 6.45) is 2.58. The molecule has 0 saturated heterocycles. The topological polar surface area (TPSA) is 71.0 Å². The second kappa shape index (κ2) is 7.90. The molecule has 1 amide bonds. The van der Waals surface area contributed by atoms with E-state index < -0.39 is 0 Å². The molecule has 164 valence electrons. The number of hydrogen-bond donors (Lipinski definition) is 1. The number of anilines is 2. The van der Waals surface area contributed by atoms with E-state index in [2.05, 4.69) is 49.4 Å². The van der Waals surface area contributed by atoms with Gasteiger partial charge in [-0.15, -0.1) is 11.3 Å². The zero-order chi connectivity index (χ0) is 22.5. The van der Waals surface area contributed by atoms with Gasteiger partial charge in [0.05, 0.1) is 20.5 Å². The van der Waals surface area contributed by atoms with Crippen molar-refractivity contribution >= 4 is 60.0 Å². The molecule has 33 heavy (non-hydrogen) atoms. The molecule has 0 radical (unpaired) electrons. The number of rotatable bonds is 3. The Labute approximate surface area is 199 Å². The summed E-state index contributed by atoms with van der Waals surface area (Å²) in [5, 5.41) is 4.58. The number of benzene rings is 2. The molecule has 0 atom stereocenters. The molecule has 2 aromatic carbocycles. The van der Waals surface area contributed by atoms with E-state index in [1.54, 1.807) is 6.33 Å². The number of aryl methyl sites for hydroxylation is 2. The molecule has 1 aliphatic rings. The summed E-state index contributed by atoms with van der Waals surface area (Å²) in [5.74, 6) is 0.750. The number of nitrogens with zero attached hydrogens (tertiary/aromatic N) is 4. The summed E-state index contributed by atoms with van der Waals surface area (Å²) < 4.78 is 1.07. The van der Waals surface area contributed by atoms with Gasteiger partial charge < -0.3 is 4.90 Å². The summed E-state index contributed by atoms with van der Waals surface area (Å²) in [7, 11) is 0. The van der Waals surface area contributed by atoms with Gasteiger partial charge in [-0.3, -0.25) is 10.1 Å². The van der Waals surface area contributed by atoms with Crippen molar-refractivity contribution in [3.05, 3.63) is 75.9 Å². The minimum atomic E-state index is -0.151. The molecule has 0 bridgehead atoms. The molecule has 8 heteroatoms. The highest BCUT2D eigenvalue weighted by molar-refractivity contribution is 7.23. The van der Waals surface area contributed by atoms with Crippen LogP contribution >= 0.6 is 22.7 Å². The van der Waals surface area contributed by atoms with Gasteiger partial charge in [-0.2, -0.15) is 0 Å². The number of thiazole rings is 1. The van der Waals surface area contributed by atoms with Crippen LogP contribution in [0.5, 0.6) is 0 Å². The first kappa shape index (κ1) is 20.3. The van der Waals surface area contributed by atoms with Crippen LogP contribution in [0.2, 0.25) is 0 Å². The number of para-hydroxylation sites is 1. The Kier molecular flexibility index (Phi) is 4.85. The maximum Gasteiger partial charge on any atom is 0.267 e. The van der Waals surface area contributed by atoms with Crippen molar-refractivity contribution in [1.29, 1.82) is 0 Å². The number of hydrogen-bond acceptors (Lipinski definition) is 7. The second-order valence-electron chi connectivity index (χ2n) is 8.27. The van der Waals surface area contributed by atoms with Crippen LogP contribution < -0.4 is 10.2 Å². The Balaban J connectivity index is 1.34. The molecule has 5 aromatic rings. The van der Waals surface area contributed by atoms with Crippen molar-refractivity contribution in [1.82, 2.24) is 15.0 Å². The molecule has 4 heterocycles. The van der Waals surface area contributed by atoms with E-state index in [-0.39, 0.29) is 5.91 Å². The fourth-order valence-electron chi connectivity index (χ4n) is 4.48. The minimum absolute atomic E-state index is 0.151. The Morgan fingerprint density at radius 2 is 1.88 bits per heavy atom. The number of carbonyl (C=O) groups excluding carboxylic acids is 1. The summed E-state index contributed by atoms with van der Waals surface area (Å²) >= 11 is 2.90. The highest BCUT2D eigenvalue weighted by Gasteiger charge is 2.24. The predicted octanol–water partition coefficient (Wildman–Crippen LogP) is 5.73. The Hall–Kier alpha value is -3.36. The van der Waals surface area contributed by atoms with Crippen LogP contribution in [0.15, 0.2) is 48.8 Å². The van der Waals surface area contributed by atoms with E-state index in [1.165, 1.54) is 33.8 Å². The van der Waals surface area contributed by atoms with Crippen molar-refractivity contribution in [2.24, 2.45) is 0 Å². The number of nitrogens with one attached hydrogen (secondary N) is 1. The normalized spacial score (nSPS) is 13.5. The quantitative estimate of drug-likeness (QED) is 0.364. The van der Waals surface area contributed by atoms with E-state index in [1.807, 2.05) is 32.0 Å². The van der Waals surface area contributed by atoms with Crippen molar-refractivity contribution in [2.75, 3.05) is 16.8 Å². The molecule has 0 fully saturated rings. The first-order valence-corrected chi connectivity index (χ1v) is 12.4. The molecule has 0 saturated carbocycles. The molecule has 0 spiro atoms. The summed E-state index contributed by atoms with van der Waals surface area (Å²) in [4.78, 5) is 30.8. The minimum Gasteiger partial charge on any atom is -0.351 e. The third-order valence-corrected chi connectivity index (χ3v) is 8.32. The average molecular weight is 472 g/mol. The van der Waals surface area contributed by atoms with Crippen LogP contribution in [-0.4, -0.2) is 27.4 Å². The standard InChI is InChI=1S/C25H21N5OS2/c1-14-6-5-9-18-20(14)28-25(32-18)29-23(31)21-15(2)19-22(26-13-27-24(19)33-21)30-11-10-16-7-3-4-8-17(16)12-30/h3-9,13H,10-12H2,1-2H3,(H,28,29,31). The zero-order valence-corrected chi connectivity index (χ0v) is 19.9. The number of aromatic nitrogens is 3. The molecular weight excluding hydrogens is 450 g/mol. The predicted molar refractivity (Wildman–Crippen MR) is 136 cm³/mol. The Bertz CT molecular complexity index is 1540. The highest BCUT2D eigenvalue weighted by Crippen LogP contribution is 2.37. The number of carbonyl (C=O) groups is 1. The van der Waals surface area contributed by atoms with Crippen molar-refractivity contribution in [3.8, 4) is 0 Å². The largest absolute Gasteiger partial charge is 0.351 e. The molecule has 3 aromatic heterocycles. The van der Waals surface area contributed by atoms with Gasteiger partial charge in [-0.05, 0) is 48.6 Å². The molecular formula is C25H21N5OS2. The van der Waals surface area contributed by atoms with E-state index in [0.717, 1.165) is 56.9 Å². The maximum absolute atomic E-state index is 13.2. The Morgan fingerprint density at radius 3 is 2.73 bits per heavy atom. The van der Waals surface area contributed by atoms with Crippen molar-refractivity contribution in [3.63, 3.8) is 0 Å². The Morgan fingerprint density at radius 1 is 1.03 bits per heavy atom. The molecule has 0 unspecified atom stereocenters. The van der Waals surface area contributed by atoms with Gasteiger partial charge in [-0.1, -0.05) is 47.7 Å². The summed E-state index contributed by atoms with van der Waals surface area (Å²) in [6, 6.07) is 14.6. The van der Waals surface area contributed by atoms with Gasteiger partial charge >= 0.3 is 0 Å². The van der Waals surface area contributed by atoms with Crippen LogP contribution in [0.4, 0.5) is 10.9 Å². The van der Waals surface area contributed by atoms with Crippen LogP contribution in [0.25, 0.3) is 20.4 Å². The molecule has 6 nitrogen and oxygen atoms in total. The average Bonchev–Trinajstić information content (AvgIpc) is 3.40. The fourth-order valence-corrected chi connectivity index (χ4v) is 6.46. The lowest BCUT2D eigenvalue weighted by Gasteiger charge is -2.30. The smallest absolute Gasteiger partial charge is 0.267 e. The van der Waals surface area contributed by atoms with Crippen molar-refractivity contribution in [2.45, 2.75) is 26.8 Å². The SMILES string of the molecule is Cc1cccc2sc(NC(=O)c3sc4ncnc(N5CCc6ccccc6C5)c4c3C)nc12. The van der Waals surface area contributed by atoms with Crippen LogP contribution in [0.3, 0.4) is 0 Å². The molecule has 6 rings (SSSR count).